The second kappa shape index (κ2) is 3.35. The van der Waals surface area contributed by atoms with Crippen LogP contribution in [0.25, 0.3) is 0 Å². The Morgan fingerprint density at radius 1 is 1.42 bits per heavy atom. The summed E-state index contributed by atoms with van der Waals surface area (Å²) in [6.45, 7) is 5.19. The molecule has 2 nitrogen and oxygen atoms in total. The average molecular weight is 190 g/mol. The second-order valence-corrected chi connectivity index (χ2v) is 3.83. The molecule has 70 valence electrons. The van der Waals surface area contributed by atoms with E-state index in [1.807, 2.05) is 0 Å². The third-order valence-electron chi connectivity index (χ3n) is 3.45. The number of halogens is 1. The van der Waals surface area contributed by atoms with Gasteiger partial charge in [-0.2, -0.15) is 0 Å². The van der Waals surface area contributed by atoms with E-state index < -0.39 is 0 Å². The molecule has 0 unspecified atom stereocenters. The molecule has 3 fully saturated rings. The zero-order chi connectivity index (χ0) is 7.90. The molecule has 3 saturated heterocycles. The second-order valence-electron chi connectivity index (χ2n) is 3.83. The van der Waals surface area contributed by atoms with Crippen LogP contribution in [0, 0.1) is 5.41 Å². The highest BCUT2D eigenvalue weighted by molar-refractivity contribution is 5.88. The summed E-state index contributed by atoms with van der Waals surface area (Å²) < 4.78 is 0. The molecule has 3 rings (SSSR count). The van der Waals surface area contributed by atoms with E-state index in [1.165, 1.54) is 0 Å². The summed E-state index contributed by atoms with van der Waals surface area (Å²) >= 11 is 0. The minimum Gasteiger partial charge on any atom is -0.298 e. The first kappa shape index (κ1) is 10.0. The molecular formula is C9H16ClNO. The maximum atomic E-state index is 11.6. The molecule has 0 aromatic rings. The van der Waals surface area contributed by atoms with Gasteiger partial charge in [0.05, 0.1) is 6.54 Å². The topological polar surface area (TPSA) is 20.3 Å². The fraction of sp³-hybridized carbons (Fsp3) is 0.889. The summed E-state index contributed by atoms with van der Waals surface area (Å²) in [6.07, 6.45) is 3.28. The number of carbonyl (C=O) groups is 1. The molecule has 0 aliphatic carbocycles. The first-order valence-corrected chi connectivity index (χ1v) is 4.52. The molecule has 3 heterocycles. The van der Waals surface area contributed by atoms with Crippen LogP contribution >= 0.6 is 12.4 Å². The van der Waals surface area contributed by atoms with Crippen LogP contribution in [0.4, 0.5) is 0 Å². The lowest BCUT2D eigenvalue weighted by Crippen LogP contribution is -2.54. The Morgan fingerprint density at radius 2 is 2.00 bits per heavy atom. The van der Waals surface area contributed by atoms with E-state index in [4.69, 9.17) is 0 Å². The summed E-state index contributed by atoms with van der Waals surface area (Å²) in [5.41, 5.74) is 0.106. The maximum absolute atomic E-state index is 11.6. The van der Waals surface area contributed by atoms with Crippen LogP contribution < -0.4 is 0 Å². The van der Waals surface area contributed by atoms with E-state index in [1.54, 1.807) is 0 Å². The van der Waals surface area contributed by atoms with Gasteiger partial charge in [0, 0.05) is 5.41 Å². The van der Waals surface area contributed by atoms with E-state index in [2.05, 4.69) is 11.8 Å². The molecular weight excluding hydrogens is 174 g/mol. The van der Waals surface area contributed by atoms with E-state index in [9.17, 15) is 4.79 Å². The molecule has 3 heteroatoms. The van der Waals surface area contributed by atoms with Crippen LogP contribution in [0.1, 0.15) is 26.2 Å². The summed E-state index contributed by atoms with van der Waals surface area (Å²) in [7, 11) is 0. The van der Waals surface area contributed by atoms with E-state index in [0.29, 0.717) is 5.78 Å². The van der Waals surface area contributed by atoms with Crippen LogP contribution in [-0.2, 0) is 4.79 Å². The van der Waals surface area contributed by atoms with Crippen LogP contribution in [0.15, 0.2) is 0 Å². The lowest BCUT2D eigenvalue weighted by atomic mass is 9.69. The number of carbonyl (C=O) groups excluding carboxylic acids is 1. The van der Waals surface area contributed by atoms with Gasteiger partial charge >= 0.3 is 0 Å². The lowest BCUT2D eigenvalue weighted by Gasteiger charge is -2.46. The quantitative estimate of drug-likeness (QED) is 0.623. The number of hydrogen-bond donors (Lipinski definition) is 0. The Balaban J connectivity index is 0.000000720. The third kappa shape index (κ3) is 1.27. The molecule has 12 heavy (non-hydrogen) atoms. The van der Waals surface area contributed by atoms with Crippen molar-refractivity contribution in [2.75, 3.05) is 19.6 Å². The van der Waals surface area contributed by atoms with Crippen molar-refractivity contribution in [2.45, 2.75) is 26.2 Å². The zero-order valence-electron chi connectivity index (χ0n) is 7.51. The summed E-state index contributed by atoms with van der Waals surface area (Å²) in [5.74, 6) is 0.498. The predicted octanol–water partition coefficient (Wildman–Crippen LogP) is 1.48. The first-order valence-electron chi connectivity index (χ1n) is 4.52. The van der Waals surface area contributed by atoms with Crippen molar-refractivity contribution in [3.63, 3.8) is 0 Å². The highest BCUT2D eigenvalue weighted by Crippen LogP contribution is 2.39. The maximum Gasteiger partial charge on any atom is 0.153 e. The summed E-state index contributed by atoms with van der Waals surface area (Å²) in [4.78, 5) is 13.8. The van der Waals surface area contributed by atoms with Gasteiger partial charge in [0.25, 0.3) is 0 Å². The molecule has 0 atom stereocenters. The molecule has 0 amide bonds. The van der Waals surface area contributed by atoms with Crippen molar-refractivity contribution >= 4 is 18.2 Å². The van der Waals surface area contributed by atoms with Gasteiger partial charge in [-0.1, -0.05) is 6.92 Å². The van der Waals surface area contributed by atoms with E-state index in [-0.39, 0.29) is 17.8 Å². The standard InChI is InChI=1S/C9H15NO.ClH/c1-2-9-3-5-10(6-4-9)7-8(9)11;/h2-7H2,1H3;1H. The zero-order valence-corrected chi connectivity index (χ0v) is 8.32. The van der Waals surface area contributed by atoms with E-state index >= 15 is 0 Å². The van der Waals surface area contributed by atoms with Gasteiger partial charge in [0.2, 0.25) is 0 Å². The van der Waals surface area contributed by atoms with Gasteiger partial charge in [0.15, 0.2) is 5.78 Å². The smallest absolute Gasteiger partial charge is 0.153 e. The molecule has 0 aromatic carbocycles. The largest absolute Gasteiger partial charge is 0.298 e. The van der Waals surface area contributed by atoms with Crippen molar-refractivity contribution in [1.29, 1.82) is 0 Å². The van der Waals surface area contributed by atoms with Gasteiger partial charge in [-0.3, -0.25) is 9.69 Å². The van der Waals surface area contributed by atoms with Gasteiger partial charge < -0.3 is 0 Å². The monoisotopic (exact) mass is 189 g/mol. The van der Waals surface area contributed by atoms with Crippen molar-refractivity contribution < 1.29 is 4.79 Å². The van der Waals surface area contributed by atoms with Crippen molar-refractivity contribution in [3.05, 3.63) is 0 Å². The molecule has 0 aromatic heterocycles. The van der Waals surface area contributed by atoms with Crippen molar-refractivity contribution in [1.82, 2.24) is 4.90 Å². The number of fused-ring (bicyclic) bond motifs is 3. The number of ketones is 1. The highest BCUT2D eigenvalue weighted by Gasteiger charge is 2.44. The minimum atomic E-state index is 0. The fourth-order valence-corrected chi connectivity index (χ4v) is 2.34. The van der Waals surface area contributed by atoms with Gasteiger partial charge in [-0.25, -0.2) is 0 Å². The number of piperidine rings is 3. The Bertz CT molecular complexity index is 185. The molecule has 0 spiro atoms. The normalized spacial score (nSPS) is 39.4. The Hall–Kier alpha value is -0.0800. The third-order valence-corrected chi connectivity index (χ3v) is 3.45. The molecule has 3 aliphatic heterocycles. The minimum absolute atomic E-state index is 0. The van der Waals surface area contributed by atoms with Crippen LogP contribution in [0.5, 0.6) is 0 Å². The predicted molar refractivity (Wildman–Crippen MR) is 50.7 cm³/mol. The molecule has 0 radical (unpaired) electrons. The molecule has 3 aliphatic rings. The van der Waals surface area contributed by atoms with Crippen LogP contribution in [-0.4, -0.2) is 30.3 Å². The van der Waals surface area contributed by atoms with Crippen molar-refractivity contribution in [3.8, 4) is 0 Å². The Morgan fingerprint density at radius 3 is 2.33 bits per heavy atom. The lowest BCUT2D eigenvalue weighted by molar-refractivity contribution is -0.140. The fourth-order valence-electron chi connectivity index (χ4n) is 2.34. The van der Waals surface area contributed by atoms with Gasteiger partial charge in [-0.15, -0.1) is 12.4 Å². The van der Waals surface area contributed by atoms with Gasteiger partial charge in [-0.05, 0) is 32.4 Å². The average Bonchev–Trinajstić information content (AvgIpc) is 2.07. The number of hydrogen-bond acceptors (Lipinski definition) is 2. The number of Topliss-reactive ketones (excluding diaryl/α,β-unsaturated/α-hetero) is 1. The summed E-state index contributed by atoms with van der Waals surface area (Å²) in [5, 5.41) is 0. The van der Waals surface area contributed by atoms with Crippen LogP contribution in [0.3, 0.4) is 0 Å². The highest BCUT2D eigenvalue weighted by atomic mass is 35.5. The van der Waals surface area contributed by atoms with E-state index in [0.717, 1.165) is 38.9 Å². The first-order chi connectivity index (χ1) is 5.27. The van der Waals surface area contributed by atoms with Crippen LogP contribution in [0.2, 0.25) is 0 Å². The Kier molecular flexibility index (Phi) is 2.79. The molecule has 0 saturated carbocycles. The number of rotatable bonds is 1. The molecule has 2 bridgehead atoms. The summed E-state index contributed by atoms with van der Waals surface area (Å²) in [6, 6.07) is 0. The van der Waals surface area contributed by atoms with Crippen molar-refractivity contribution in [2.24, 2.45) is 5.41 Å². The van der Waals surface area contributed by atoms with Gasteiger partial charge in [0.1, 0.15) is 0 Å². The molecule has 0 N–H and O–H groups in total. The number of nitrogens with zero attached hydrogens (tertiary/aromatic N) is 1. The Labute approximate surface area is 79.7 Å². The SMILES string of the molecule is CCC12CCN(CC1)CC2=O.Cl.